The van der Waals surface area contributed by atoms with E-state index in [1.165, 1.54) is 115 Å². The molecule has 1 aliphatic carbocycles. The zero-order chi connectivity index (χ0) is 29.2. The molecule has 9 nitrogen and oxygen atoms in total. The van der Waals surface area contributed by atoms with E-state index in [2.05, 4.69) is 15.0 Å². The average Bonchev–Trinajstić information content (AvgIpc) is 3.62. The third-order valence-corrected chi connectivity index (χ3v) is 10.1. The van der Waals surface area contributed by atoms with E-state index in [-0.39, 0.29) is 19.1 Å². The number of rotatable bonds is 24. The minimum atomic E-state index is -3.79. The molecule has 0 amide bonds. The fourth-order valence-electron chi connectivity index (χ4n) is 5.67. The summed E-state index contributed by atoms with van der Waals surface area (Å²) >= 11 is 1.78. The second-order valence-corrected chi connectivity index (χ2v) is 14.7. The first-order valence-electron chi connectivity index (χ1n) is 16.0. The van der Waals surface area contributed by atoms with E-state index in [1.807, 2.05) is 6.92 Å². The zero-order valence-electron chi connectivity index (χ0n) is 25.3. The Balaban J connectivity index is 1.06. The molecule has 0 saturated heterocycles. The molecule has 2 heterocycles. The number of hydrogen-bond acceptors (Lipinski definition) is 8. The van der Waals surface area contributed by atoms with Gasteiger partial charge in [-0.3, -0.25) is 4.57 Å². The van der Waals surface area contributed by atoms with Crippen molar-refractivity contribution in [2.45, 2.75) is 129 Å². The smallest absolute Gasteiger partial charge is 0.353 e. The van der Waals surface area contributed by atoms with Crippen molar-refractivity contribution < 1.29 is 18.7 Å². The Morgan fingerprint density at radius 1 is 0.976 bits per heavy atom. The lowest BCUT2D eigenvalue weighted by Gasteiger charge is -2.17. The molecule has 0 bridgehead atoms. The number of fused-ring (bicyclic) bond motifs is 1. The summed E-state index contributed by atoms with van der Waals surface area (Å²) < 4.78 is 25.0. The lowest BCUT2D eigenvalue weighted by Crippen LogP contribution is -2.17. The van der Waals surface area contributed by atoms with Gasteiger partial charge in [0, 0.05) is 5.75 Å². The molecule has 2 aromatic rings. The largest absolute Gasteiger partial charge is 0.382 e. The number of ether oxygens (including phenoxy) is 1. The van der Waals surface area contributed by atoms with Crippen LogP contribution in [0, 0.1) is 5.92 Å². The Morgan fingerprint density at radius 3 is 2.29 bits per heavy atom. The van der Waals surface area contributed by atoms with Crippen molar-refractivity contribution in [3.63, 3.8) is 0 Å². The molecule has 2 atom stereocenters. The number of thioether (sulfide) groups is 1. The van der Waals surface area contributed by atoms with E-state index in [0.717, 1.165) is 11.7 Å². The Labute approximate surface area is 251 Å². The summed E-state index contributed by atoms with van der Waals surface area (Å²) in [6.45, 7) is 2.49. The van der Waals surface area contributed by atoms with Crippen LogP contribution in [0.4, 0.5) is 5.82 Å². The third-order valence-electron chi connectivity index (χ3n) is 8.05. The van der Waals surface area contributed by atoms with Crippen LogP contribution in [0.2, 0.25) is 0 Å². The second kappa shape index (κ2) is 19.9. The standard InChI is InChI=1S/C30H54N5O4PS/c1-26(22-35-24-34-28-29(31)32-23-33-30(28)35)38-25-40(36,37)39-19-21-41-20-15-11-9-7-5-3-2-4-6-8-10-12-16-27-17-13-14-18-27/h23-24,26-27H,2-22,25H2,1H3,(H,36,37)(H2,31,32,33)/t26-/m1/s1. The van der Waals surface area contributed by atoms with Crippen molar-refractivity contribution in [1.82, 2.24) is 19.5 Å². The van der Waals surface area contributed by atoms with Crippen LogP contribution in [0.25, 0.3) is 11.2 Å². The predicted octanol–water partition coefficient (Wildman–Crippen LogP) is 7.97. The molecule has 3 rings (SSSR count). The van der Waals surface area contributed by atoms with Crippen LogP contribution < -0.4 is 5.73 Å². The van der Waals surface area contributed by atoms with Gasteiger partial charge in [-0.05, 0) is 25.0 Å². The molecule has 1 fully saturated rings. The van der Waals surface area contributed by atoms with E-state index in [1.54, 1.807) is 22.7 Å². The molecule has 3 N–H and O–H groups in total. The summed E-state index contributed by atoms with van der Waals surface area (Å²) in [7, 11) is -3.79. The third kappa shape index (κ3) is 14.2. The van der Waals surface area contributed by atoms with Crippen molar-refractivity contribution >= 4 is 36.3 Å². The molecule has 1 aliphatic rings. The van der Waals surface area contributed by atoms with Gasteiger partial charge < -0.3 is 24.5 Å². The summed E-state index contributed by atoms with van der Waals surface area (Å²) in [6.07, 6.45) is 26.3. The predicted molar refractivity (Wildman–Crippen MR) is 170 cm³/mol. The Morgan fingerprint density at radius 2 is 1.61 bits per heavy atom. The van der Waals surface area contributed by atoms with Crippen molar-refractivity contribution in [3.05, 3.63) is 12.7 Å². The fourth-order valence-corrected chi connectivity index (χ4v) is 7.50. The van der Waals surface area contributed by atoms with Crippen LogP contribution in [0.1, 0.15) is 116 Å². The first kappa shape index (κ1) is 34.3. The minimum Gasteiger partial charge on any atom is -0.382 e. The maximum atomic E-state index is 12.3. The Hall–Kier alpha value is -1.19. The van der Waals surface area contributed by atoms with Crippen LogP contribution in [0.5, 0.6) is 0 Å². The molecular weight excluding hydrogens is 557 g/mol. The van der Waals surface area contributed by atoms with Crippen LogP contribution in [-0.2, 0) is 20.4 Å². The highest BCUT2D eigenvalue weighted by atomic mass is 32.2. The Bertz CT molecular complexity index is 1020. The Kier molecular flexibility index (Phi) is 16.6. The van der Waals surface area contributed by atoms with Crippen molar-refractivity contribution in [2.75, 3.05) is 30.2 Å². The minimum absolute atomic E-state index is 0.249. The number of aromatic nitrogens is 4. The molecule has 11 heteroatoms. The number of nitrogens with zero attached hydrogens (tertiary/aromatic N) is 4. The number of nitrogen functional groups attached to an aromatic ring is 1. The highest BCUT2D eigenvalue weighted by molar-refractivity contribution is 7.99. The van der Waals surface area contributed by atoms with Gasteiger partial charge in [0.2, 0.25) is 0 Å². The summed E-state index contributed by atoms with van der Waals surface area (Å²) in [5, 5.41) is 0. The van der Waals surface area contributed by atoms with E-state index < -0.39 is 7.60 Å². The zero-order valence-corrected chi connectivity index (χ0v) is 27.0. The second-order valence-electron chi connectivity index (χ2n) is 11.7. The molecule has 2 aromatic heterocycles. The quantitative estimate of drug-likeness (QED) is 0.0898. The lowest BCUT2D eigenvalue weighted by molar-refractivity contribution is 0.0724. The van der Waals surface area contributed by atoms with Crippen LogP contribution in [0.15, 0.2) is 12.7 Å². The first-order chi connectivity index (χ1) is 19.9. The van der Waals surface area contributed by atoms with Gasteiger partial charge in [-0.2, -0.15) is 11.8 Å². The highest BCUT2D eigenvalue weighted by Gasteiger charge is 2.22. The van der Waals surface area contributed by atoms with Gasteiger partial charge in [0.25, 0.3) is 0 Å². The average molecular weight is 612 g/mol. The summed E-state index contributed by atoms with van der Waals surface area (Å²) in [6, 6.07) is 0. The lowest BCUT2D eigenvalue weighted by atomic mass is 9.99. The van der Waals surface area contributed by atoms with Crippen molar-refractivity contribution in [1.29, 1.82) is 0 Å². The molecular formula is C30H54N5O4PS. The highest BCUT2D eigenvalue weighted by Crippen LogP contribution is 2.42. The van der Waals surface area contributed by atoms with E-state index >= 15 is 0 Å². The van der Waals surface area contributed by atoms with Gasteiger partial charge in [0.05, 0.1) is 25.6 Å². The number of anilines is 1. The van der Waals surface area contributed by atoms with E-state index in [4.69, 9.17) is 15.0 Å². The number of imidazole rings is 1. The number of nitrogens with two attached hydrogens (primary N) is 1. The molecule has 0 radical (unpaired) electrons. The first-order valence-corrected chi connectivity index (χ1v) is 18.9. The van der Waals surface area contributed by atoms with Gasteiger partial charge in [0.1, 0.15) is 18.2 Å². The van der Waals surface area contributed by atoms with E-state index in [9.17, 15) is 9.46 Å². The SMILES string of the molecule is C[C@H](Cn1cnc2c(N)ncnc21)OCP(=O)(O)OCCSCCCCCCCCCCCCCCC1CCCC1. The monoisotopic (exact) mass is 611 g/mol. The summed E-state index contributed by atoms with van der Waals surface area (Å²) in [4.78, 5) is 22.5. The normalized spacial score (nSPS) is 16.4. The molecule has 0 spiro atoms. The van der Waals surface area contributed by atoms with E-state index in [0.29, 0.717) is 29.3 Å². The molecule has 1 unspecified atom stereocenters. The fraction of sp³-hybridized carbons (Fsp3) is 0.833. The van der Waals surface area contributed by atoms with Gasteiger partial charge in [-0.25, -0.2) is 15.0 Å². The topological polar surface area (TPSA) is 125 Å². The molecule has 234 valence electrons. The van der Waals surface area contributed by atoms with Gasteiger partial charge in [0.15, 0.2) is 11.5 Å². The van der Waals surface area contributed by atoms with Gasteiger partial charge in [-0.15, -0.1) is 0 Å². The number of hydrogen-bond donors (Lipinski definition) is 2. The molecule has 1 saturated carbocycles. The van der Waals surface area contributed by atoms with Crippen LogP contribution >= 0.6 is 19.4 Å². The maximum Gasteiger partial charge on any atom is 0.353 e. The number of unbranched alkanes of at least 4 members (excludes halogenated alkanes) is 11. The van der Waals surface area contributed by atoms with Crippen molar-refractivity contribution in [2.24, 2.45) is 5.92 Å². The molecule has 41 heavy (non-hydrogen) atoms. The van der Waals surface area contributed by atoms with Gasteiger partial charge >= 0.3 is 7.60 Å². The summed E-state index contributed by atoms with van der Waals surface area (Å²) in [5.74, 6) is 3.16. The molecule has 0 aromatic carbocycles. The van der Waals surface area contributed by atoms with Gasteiger partial charge in [-0.1, -0.05) is 103 Å². The maximum absolute atomic E-state index is 12.3. The van der Waals surface area contributed by atoms with Crippen molar-refractivity contribution in [3.8, 4) is 0 Å². The van der Waals surface area contributed by atoms with Crippen LogP contribution in [0.3, 0.4) is 0 Å². The van der Waals surface area contributed by atoms with Crippen LogP contribution in [-0.4, -0.2) is 55.0 Å². The summed E-state index contributed by atoms with van der Waals surface area (Å²) in [5.41, 5.74) is 6.95. The molecule has 0 aliphatic heterocycles.